The molecule has 0 aliphatic heterocycles. The summed E-state index contributed by atoms with van der Waals surface area (Å²) in [6.45, 7) is 14.6. The van der Waals surface area contributed by atoms with Crippen LogP contribution in [0.15, 0.2) is 0 Å². The molecule has 1 saturated carbocycles. The van der Waals surface area contributed by atoms with Crippen molar-refractivity contribution in [2.45, 2.75) is 73.3 Å². The van der Waals surface area contributed by atoms with Crippen molar-refractivity contribution >= 4 is 0 Å². The molecule has 0 aromatic rings. The molecule has 0 aromatic carbocycles. The molecular weight excluding hydrogens is 194 g/mol. The largest absolute Gasteiger partial charge is 0.304 e. The number of hydrogen-bond acceptors (Lipinski definition) is 1. The van der Waals surface area contributed by atoms with Crippen LogP contribution < -0.4 is 0 Å². The van der Waals surface area contributed by atoms with Crippen molar-refractivity contribution < 1.29 is 0 Å². The Morgan fingerprint density at radius 1 is 1.00 bits per heavy atom. The van der Waals surface area contributed by atoms with Crippen molar-refractivity contribution in [2.75, 3.05) is 13.6 Å². The van der Waals surface area contributed by atoms with Crippen molar-refractivity contribution in [3.05, 3.63) is 0 Å². The van der Waals surface area contributed by atoms with Crippen LogP contribution in [0.2, 0.25) is 0 Å². The Balaban J connectivity index is 0.00000106. The van der Waals surface area contributed by atoms with Crippen molar-refractivity contribution in [3.8, 4) is 0 Å². The van der Waals surface area contributed by atoms with Crippen LogP contribution >= 0.6 is 0 Å². The van der Waals surface area contributed by atoms with Crippen molar-refractivity contribution in [1.29, 1.82) is 0 Å². The third-order valence-electron chi connectivity index (χ3n) is 4.04. The van der Waals surface area contributed by atoms with Crippen LogP contribution in [0.1, 0.15) is 67.2 Å². The van der Waals surface area contributed by atoms with E-state index >= 15 is 0 Å². The van der Waals surface area contributed by atoms with Gasteiger partial charge in [-0.25, -0.2) is 0 Å². The van der Waals surface area contributed by atoms with Gasteiger partial charge < -0.3 is 4.90 Å². The van der Waals surface area contributed by atoms with E-state index in [0.29, 0.717) is 5.41 Å². The SMILES string of the molecule is CC.CCN(C)C1CCC(C(C)(C)C)CC1. The maximum absolute atomic E-state index is 2.51. The van der Waals surface area contributed by atoms with Gasteiger partial charge in [-0.2, -0.15) is 0 Å². The molecule has 0 saturated heterocycles. The Labute approximate surface area is 104 Å². The standard InChI is InChI=1S/C13H27N.C2H6/c1-6-14(5)12-9-7-11(8-10-12)13(2,3)4;1-2/h11-12H,6-10H2,1-5H3;1-2H3. The van der Waals surface area contributed by atoms with Gasteiger partial charge in [0.2, 0.25) is 0 Å². The van der Waals surface area contributed by atoms with Crippen LogP contribution in [-0.4, -0.2) is 24.5 Å². The molecule has 0 radical (unpaired) electrons. The summed E-state index contributed by atoms with van der Waals surface area (Å²) in [6.07, 6.45) is 5.68. The second-order valence-corrected chi connectivity index (χ2v) is 5.94. The summed E-state index contributed by atoms with van der Waals surface area (Å²) >= 11 is 0. The highest BCUT2D eigenvalue weighted by molar-refractivity contribution is 4.83. The molecule has 1 nitrogen and oxygen atoms in total. The zero-order chi connectivity index (χ0) is 12.8. The first kappa shape index (κ1) is 16.0. The third kappa shape index (κ3) is 4.86. The Kier molecular flexibility index (Phi) is 7.30. The smallest absolute Gasteiger partial charge is 0.00923 e. The first-order valence-electron chi connectivity index (χ1n) is 7.15. The van der Waals surface area contributed by atoms with Gasteiger partial charge in [-0.05, 0) is 50.6 Å². The Morgan fingerprint density at radius 2 is 1.44 bits per heavy atom. The summed E-state index contributed by atoms with van der Waals surface area (Å²) in [4.78, 5) is 2.51. The van der Waals surface area contributed by atoms with Gasteiger partial charge in [0.1, 0.15) is 0 Å². The van der Waals surface area contributed by atoms with Gasteiger partial charge in [0.25, 0.3) is 0 Å². The number of hydrogen-bond donors (Lipinski definition) is 0. The highest BCUT2D eigenvalue weighted by Crippen LogP contribution is 2.38. The molecule has 0 spiro atoms. The first-order chi connectivity index (χ1) is 7.45. The fourth-order valence-electron chi connectivity index (χ4n) is 2.64. The summed E-state index contributed by atoms with van der Waals surface area (Å²) in [6, 6.07) is 0.860. The third-order valence-corrected chi connectivity index (χ3v) is 4.04. The molecular formula is C15H33N. The zero-order valence-electron chi connectivity index (χ0n) is 12.6. The molecule has 0 unspecified atom stereocenters. The predicted molar refractivity (Wildman–Crippen MR) is 74.9 cm³/mol. The molecule has 0 heterocycles. The van der Waals surface area contributed by atoms with Crippen LogP contribution in [0.4, 0.5) is 0 Å². The summed E-state index contributed by atoms with van der Waals surface area (Å²) < 4.78 is 0. The molecule has 0 atom stereocenters. The zero-order valence-corrected chi connectivity index (χ0v) is 12.6. The quantitative estimate of drug-likeness (QED) is 0.668. The van der Waals surface area contributed by atoms with Gasteiger partial charge in [0.15, 0.2) is 0 Å². The van der Waals surface area contributed by atoms with Crippen LogP contribution in [-0.2, 0) is 0 Å². The molecule has 0 bridgehead atoms. The topological polar surface area (TPSA) is 3.24 Å². The monoisotopic (exact) mass is 227 g/mol. The van der Waals surface area contributed by atoms with Crippen LogP contribution in [0.25, 0.3) is 0 Å². The average Bonchev–Trinajstić information content (AvgIpc) is 2.30. The molecule has 0 aromatic heterocycles. The molecule has 98 valence electrons. The normalized spacial score (nSPS) is 26.2. The second kappa shape index (κ2) is 7.32. The Bertz CT molecular complexity index is 161. The van der Waals surface area contributed by atoms with E-state index in [-0.39, 0.29) is 0 Å². The van der Waals surface area contributed by atoms with Gasteiger partial charge in [-0.15, -0.1) is 0 Å². The lowest BCUT2D eigenvalue weighted by molar-refractivity contribution is 0.114. The van der Waals surface area contributed by atoms with Crippen molar-refractivity contribution in [3.63, 3.8) is 0 Å². The molecule has 0 amide bonds. The molecule has 1 heteroatoms. The molecule has 0 N–H and O–H groups in total. The van der Waals surface area contributed by atoms with E-state index in [1.165, 1.54) is 32.2 Å². The fraction of sp³-hybridized carbons (Fsp3) is 1.00. The highest BCUT2D eigenvalue weighted by atomic mass is 15.1. The van der Waals surface area contributed by atoms with E-state index in [2.05, 4.69) is 39.6 Å². The first-order valence-corrected chi connectivity index (χ1v) is 7.15. The summed E-state index contributed by atoms with van der Waals surface area (Å²) in [5, 5.41) is 0. The second-order valence-electron chi connectivity index (χ2n) is 5.94. The van der Waals surface area contributed by atoms with E-state index in [4.69, 9.17) is 0 Å². The van der Waals surface area contributed by atoms with E-state index in [9.17, 15) is 0 Å². The van der Waals surface area contributed by atoms with Gasteiger partial charge in [-0.1, -0.05) is 41.5 Å². The minimum atomic E-state index is 0.524. The average molecular weight is 227 g/mol. The molecule has 16 heavy (non-hydrogen) atoms. The van der Waals surface area contributed by atoms with Crippen molar-refractivity contribution in [1.82, 2.24) is 4.90 Å². The lowest BCUT2D eigenvalue weighted by Gasteiger charge is -2.39. The summed E-state index contributed by atoms with van der Waals surface area (Å²) in [5.74, 6) is 0.948. The number of rotatable bonds is 2. The maximum atomic E-state index is 2.51. The van der Waals surface area contributed by atoms with Gasteiger partial charge >= 0.3 is 0 Å². The van der Waals surface area contributed by atoms with Gasteiger partial charge in [0, 0.05) is 6.04 Å². The maximum Gasteiger partial charge on any atom is 0.00923 e. The van der Waals surface area contributed by atoms with E-state index in [0.717, 1.165) is 12.0 Å². The molecule has 1 aliphatic carbocycles. The minimum absolute atomic E-state index is 0.524. The van der Waals surface area contributed by atoms with Gasteiger partial charge in [-0.3, -0.25) is 0 Å². The number of nitrogens with zero attached hydrogens (tertiary/aromatic N) is 1. The van der Waals surface area contributed by atoms with E-state index < -0.39 is 0 Å². The lowest BCUT2D eigenvalue weighted by atomic mass is 9.71. The van der Waals surface area contributed by atoms with Crippen LogP contribution in [0, 0.1) is 11.3 Å². The molecule has 1 rings (SSSR count). The fourth-order valence-corrected chi connectivity index (χ4v) is 2.64. The summed E-state index contributed by atoms with van der Waals surface area (Å²) in [7, 11) is 2.27. The van der Waals surface area contributed by atoms with Gasteiger partial charge in [0.05, 0.1) is 0 Å². The Morgan fingerprint density at radius 3 is 1.75 bits per heavy atom. The predicted octanol–water partition coefficient (Wildman–Crippen LogP) is 4.57. The van der Waals surface area contributed by atoms with Crippen molar-refractivity contribution in [2.24, 2.45) is 11.3 Å². The van der Waals surface area contributed by atoms with E-state index in [1.807, 2.05) is 13.8 Å². The van der Waals surface area contributed by atoms with Crippen LogP contribution in [0.5, 0.6) is 0 Å². The van der Waals surface area contributed by atoms with E-state index in [1.54, 1.807) is 0 Å². The molecule has 1 aliphatic rings. The Hall–Kier alpha value is -0.0400. The highest BCUT2D eigenvalue weighted by Gasteiger charge is 2.30. The summed E-state index contributed by atoms with van der Waals surface area (Å²) in [5.41, 5.74) is 0.524. The minimum Gasteiger partial charge on any atom is -0.304 e. The van der Waals surface area contributed by atoms with Crippen LogP contribution in [0.3, 0.4) is 0 Å². The lowest BCUT2D eigenvalue weighted by Crippen LogP contribution is -2.37. The molecule has 1 fully saturated rings.